The van der Waals surface area contributed by atoms with Crippen molar-refractivity contribution in [2.24, 2.45) is 5.92 Å². The van der Waals surface area contributed by atoms with Crippen LogP contribution in [0.5, 0.6) is 0 Å². The van der Waals surface area contributed by atoms with Crippen LogP contribution in [0.4, 0.5) is 11.9 Å². The van der Waals surface area contributed by atoms with Crippen molar-refractivity contribution in [3.8, 4) is 5.95 Å². The van der Waals surface area contributed by atoms with E-state index in [1.165, 1.54) is 17.3 Å². The van der Waals surface area contributed by atoms with Crippen molar-refractivity contribution in [2.45, 2.75) is 12.8 Å². The maximum Gasteiger partial charge on any atom is 0.258 e. The van der Waals surface area contributed by atoms with Crippen molar-refractivity contribution in [2.75, 3.05) is 30.8 Å². The summed E-state index contributed by atoms with van der Waals surface area (Å²) in [5.41, 5.74) is 5.69. The molecule has 106 valence electrons. The first-order chi connectivity index (χ1) is 9.81. The van der Waals surface area contributed by atoms with Crippen LogP contribution in [-0.4, -0.2) is 49.5 Å². The summed E-state index contributed by atoms with van der Waals surface area (Å²) in [6.07, 6.45) is 5.01. The van der Waals surface area contributed by atoms with E-state index >= 15 is 0 Å². The van der Waals surface area contributed by atoms with Gasteiger partial charge in [-0.2, -0.15) is 24.7 Å². The van der Waals surface area contributed by atoms with Crippen molar-refractivity contribution in [1.29, 1.82) is 0 Å². The molecule has 0 radical (unpaired) electrons. The summed E-state index contributed by atoms with van der Waals surface area (Å²) in [6, 6.07) is 0. The van der Waals surface area contributed by atoms with Gasteiger partial charge in [-0.15, -0.1) is 0 Å². The van der Waals surface area contributed by atoms with Crippen molar-refractivity contribution >= 4 is 11.9 Å². The predicted octanol–water partition coefficient (Wildman–Crippen LogP) is -0.127. The summed E-state index contributed by atoms with van der Waals surface area (Å²) in [4.78, 5) is 16.2. The average molecular weight is 276 g/mol. The highest BCUT2D eigenvalue weighted by atomic mass is 16.5. The number of aromatic nitrogens is 6. The molecule has 9 nitrogen and oxygen atoms in total. The lowest BCUT2D eigenvalue weighted by atomic mass is 10.0. The van der Waals surface area contributed by atoms with Crippen LogP contribution in [-0.2, 0) is 4.74 Å². The first-order valence-electron chi connectivity index (χ1n) is 6.49. The predicted molar refractivity (Wildman–Crippen MR) is 71.2 cm³/mol. The molecule has 20 heavy (non-hydrogen) atoms. The summed E-state index contributed by atoms with van der Waals surface area (Å²) in [5.74, 6) is 1.52. The third kappa shape index (κ3) is 2.99. The Labute approximate surface area is 115 Å². The van der Waals surface area contributed by atoms with Crippen molar-refractivity contribution in [1.82, 2.24) is 29.7 Å². The number of ether oxygens (including phenoxy) is 1. The van der Waals surface area contributed by atoms with Crippen LogP contribution >= 0.6 is 0 Å². The van der Waals surface area contributed by atoms with E-state index < -0.39 is 0 Å². The zero-order valence-electron chi connectivity index (χ0n) is 10.9. The summed E-state index contributed by atoms with van der Waals surface area (Å²) in [5, 5.41) is 7.17. The third-order valence-electron chi connectivity index (χ3n) is 3.15. The minimum absolute atomic E-state index is 0.153. The molecule has 1 saturated heterocycles. The number of hydrogen-bond donors (Lipinski definition) is 2. The van der Waals surface area contributed by atoms with Gasteiger partial charge in [0.1, 0.15) is 12.7 Å². The summed E-state index contributed by atoms with van der Waals surface area (Å²) in [7, 11) is 0. The molecule has 3 N–H and O–H groups in total. The fourth-order valence-corrected chi connectivity index (χ4v) is 2.06. The first kappa shape index (κ1) is 12.7. The highest BCUT2D eigenvalue weighted by Gasteiger charge is 2.14. The van der Waals surface area contributed by atoms with E-state index in [0.717, 1.165) is 32.6 Å². The molecular weight excluding hydrogens is 260 g/mol. The van der Waals surface area contributed by atoms with Gasteiger partial charge in [0.05, 0.1) is 0 Å². The molecule has 0 spiro atoms. The zero-order chi connectivity index (χ0) is 13.8. The first-order valence-corrected chi connectivity index (χ1v) is 6.49. The molecule has 0 amide bonds. The molecule has 1 fully saturated rings. The normalized spacial score (nSPS) is 16.2. The Morgan fingerprint density at radius 3 is 2.90 bits per heavy atom. The van der Waals surface area contributed by atoms with Gasteiger partial charge in [-0.1, -0.05) is 0 Å². The van der Waals surface area contributed by atoms with Crippen LogP contribution in [0.2, 0.25) is 0 Å². The minimum Gasteiger partial charge on any atom is -0.381 e. The Morgan fingerprint density at radius 1 is 1.30 bits per heavy atom. The van der Waals surface area contributed by atoms with Gasteiger partial charge >= 0.3 is 0 Å². The van der Waals surface area contributed by atoms with Crippen molar-refractivity contribution < 1.29 is 4.74 Å². The molecule has 0 aromatic carbocycles. The minimum atomic E-state index is 0.153. The molecule has 1 aliphatic heterocycles. The number of anilines is 2. The standard InChI is InChI=1S/C11H16N8O/c12-9-16-10(14-5-8-1-3-20-4-2-8)18-11(17-9)19-7-13-6-15-19/h6-8H,1-5H2,(H3,12,14,16,17,18). The number of hydrogen-bond acceptors (Lipinski definition) is 8. The Bertz CT molecular complexity index is 552. The smallest absolute Gasteiger partial charge is 0.258 e. The van der Waals surface area contributed by atoms with Crippen molar-refractivity contribution in [3.63, 3.8) is 0 Å². The van der Waals surface area contributed by atoms with Gasteiger partial charge in [-0.3, -0.25) is 0 Å². The lowest BCUT2D eigenvalue weighted by Crippen LogP contribution is -2.23. The second-order valence-corrected chi connectivity index (χ2v) is 4.59. The quantitative estimate of drug-likeness (QED) is 0.793. The fraction of sp³-hybridized carbons (Fsp3) is 0.545. The maximum atomic E-state index is 5.69. The van der Waals surface area contributed by atoms with Crippen molar-refractivity contribution in [3.05, 3.63) is 12.7 Å². The molecule has 2 aromatic heterocycles. The van der Waals surface area contributed by atoms with E-state index in [-0.39, 0.29) is 5.95 Å². The molecule has 0 atom stereocenters. The van der Waals surface area contributed by atoms with Gasteiger partial charge in [0.2, 0.25) is 11.9 Å². The van der Waals surface area contributed by atoms with Gasteiger partial charge in [0.25, 0.3) is 5.95 Å². The third-order valence-corrected chi connectivity index (χ3v) is 3.15. The van der Waals surface area contributed by atoms with Gasteiger partial charge in [0, 0.05) is 19.8 Å². The highest BCUT2D eigenvalue weighted by Crippen LogP contribution is 2.15. The molecule has 1 aliphatic rings. The fourth-order valence-electron chi connectivity index (χ4n) is 2.06. The topological polar surface area (TPSA) is 117 Å². The van der Waals surface area contributed by atoms with Crippen LogP contribution in [0.25, 0.3) is 5.95 Å². The van der Waals surface area contributed by atoms with Crippen LogP contribution in [0.15, 0.2) is 12.7 Å². The van der Waals surface area contributed by atoms with E-state index in [1.54, 1.807) is 0 Å². The number of rotatable bonds is 4. The van der Waals surface area contributed by atoms with E-state index in [1.807, 2.05) is 0 Å². The molecular formula is C11H16N8O. The molecule has 2 aromatic rings. The lowest BCUT2D eigenvalue weighted by molar-refractivity contribution is 0.0699. The summed E-state index contributed by atoms with van der Waals surface area (Å²) >= 11 is 0. The monoisotopic (exact) mass is 276 g/mol. The summed E-state index contributed by atoms with van der Waals surface area (Å²) in [6.45, 7) is 2.43. The zero-order valence-corrected chi connectivity index (χ0v) is 10.9. The molecule has 3 rings (SSSR count). The largest absolute Gasteiger partial charge is 0.381 e. The van der Waals surface area contributed by atoms with E-state index in [9.17, 15) is 0 Å². The van der Waals surface area contributed by atoms with E-state index in [0.29, 0.717) is 17.8 Å². The number of nitrogens with zero attached hydrogens (tertiary/aromatic N) is 6. The second kappa shape index (κ2) is 5.78. The second-order valence-electron chi connectivity index (χ2n) is 4.59. The van der Waals surface area contributed by atoms with Crippen LogP contribution in [0, 0.1) is 5.92 Å². The SMILES string of the molecule is Nc1nc(NCC2CCOCC2)nc(-n2cncn2)n1. The number of nitrogens with one attached hydrogen (secondary N) is 1. The molecule has 0 bridgehead atoms. The molecule has 9 heteroatoms. The maximum absolute atomic E-state index is 5.69. The van der Waals surface area contributed by atoms with Crippen LogP contribution < -0.4 is 11.1 Å². The van der Waals surface area contributed by atoms with Gasteiger partial charge < -0.3 is 15.8 Å². The highest BCUT2D eigenvalue weighted by molar-refractivity contribution is 5.34. The lowest BCUT2D eigenvalue weighted by Gasteiger charge is -2.22. The van der Waals surface area contributed by atoms with Gasteiger partial charge in [-0.25, -0.2) is 4.98 Å². The Hall–Kier alpha value is -2.29. The van der Waals surface area contributed by atoms with E-state index in [2.05, 4.69) is 30.4 Å². The molecule has 0 saturated carbocycles. The Kier molecular flexibility index (Phi) is 3.68. The van der Waals surface area contributed by atoms with Gasteiger partial charge in [-0.05, 0) is 18.8 Å². The van der Waals surface area contributed by atoms with Crippen LogP contribution in [0.3, 0.4) is 0 Å². The number of nitrogens with two attached hydrogens (primary N) is 1. The van der Waals surface area contributed by atoms with E-state index in [4.69, 9.17) is 10.5 Å². The molecule has 0 aliphatic carbocycles. The molecule has 3 heterocycles. The summed E-state index contributed by atoms with van der Waals surface area (Å²) < 4.78 is 6.77. The Balaban J connectivity index is 1.69. The number of nitrogen functional groups attached to an aromatic ring is 1. The molecule has 0 unspecified atom stereocenters. The van der Waals surface area contributed by atoms with Gasteiger partial charge in [0.15, 0.2) is 0 Å². The van der Waals surface area contributed by atoms with Crippen LogP contribution in [0.1, 0.15) is 12.8 Å². The average Bonchev–Trinajstić information content (AvgIpc) is 3.00. The Morgan fingerprint density at radius 2 is 2.15 bits per heavy atom.